The van der Waals surface area contributed by atoms with E-state index in [9.17, 15) is 9.59 Å². The molecule has 132 valence electrons. The quantitative estimate of drug-likeness (QED) is 0.911. The number of benzene rings is 1. The summed E-state index contributed by atoms with van der Waals surface area (Å²) in [4.78, 5) is 31.4. The van der Waals surface area contributed by atoms with Gasteiger partial charge in [0.1, 0.15) is 0 Å². The predicted molar refractivity (Wildman–Crippen MR) is 95.8 cm³/mol. The fraction of sp³-hybridized carbons (Fsp3) is 0.500. The van der Waals surface area contributed by atoms with Gasteiger partial charge >= 0.3 is 6.09 Å². The van der Waals surface area contributed by atoms with Crippen molar-refractivity contribution in [2.75, 3.05) is 19.6 Å². The molecule has 7 heteroatoms. The second-order valence-corrected chi connectivity index (χ2v) is 7.71. The molecule has 2 amide bonds. The Morgan fingerprint density at radius 2 is 2.24 bits per heavy atom. The van der Waals surface area contributed by atoms with Gasteiger partial charge in [0.25, 0.3) is 0 Å². The number of carbonyl (C=O) groups is 2. The van der Waals surface area contributed by atoms with E-state index in [0.717, 1.165) is 31.2 Å². The van der Waals surface area contributed by atoms with Crippen LogP contribution >= 0.6 is 11.3 Å². The molecule has 1 aromatic carbocycles. The van der Waals surface area contributed by atoms with Gasteiger partial charge in [-0.15, -0.1) is 11.3 Å². The minimum absolute atomic E-state index is 0.0411. The first-order valence-electron chi connectivity index (χ1n) is 8.73. The smallest absolute Gasteiger partial charge is 0.407 e. The maximum atomic E-state index is 12.6. The zero-order valence-corrected chi connectivity index (χ0v) is 14.7. The van der Waals surface area contributed by atoms with Crippen molar-refractivity contribution in [1.82, 2.24) is 14.8 Å². The molecule has 1 aromatic heterocycles. The highest BCUT2D eigenvalue weighted by molar-refractivity contribution is 7.16. The van der Waals surface area contributed by atoms with Crippen LogP contribution in [0.5, 0.6) is 0 Å². The molecule has 25 heavy (non-hydrogen) atoms. The monoisotopic (exact) mass is 359 g/mol. The molecule has 2 aromatic rings. The number of thiazole rings is 1. The summed E-state index contributed by atoms with van der Waals surface area (Å²) in [6.07, 6.45) is 2.70. The van der Waals surface area contributed by atoms with Crippen LogP contribution < -0.4 is 0 Å². The standard InChI is InChI=1S/C18H21N3O3S/c22-17-13(9-14-10-20(18(23)24)7-8-21(14)17)5-1-3-12-4-2-6-15-16(12)25-11-19-15/h2,4,6,11,13-14H,1,3,5,7-10H2,(H,23,24)/t13-,14-/m0/s1. The Kier molecular flexibility index (Phi) is 4.33. The summed E-state index contributed by atoms with van der Waals surface area (Å²) in [5, 5.41) is 9.14. The molecule has 0 bridgehead atoms. The fourth-order valence-corrected chi connectivity index (χ4v) is 4.94. The molecular formula is C18H21N3O3S. The number of nitrogens with zero attached hydrogens (tertiary/aromatic N) is 3. The third kappa shape index (κ3) is 3.08. The first-order valence-corrected chi connectivity index (χ1v) is 9.61. The summed E-state index contributed by atoms with van der Waals surface area (Å²) in [7, 11) is 0. The van der Waals surface area contributed by atoms with E-state index < -0.39 is 6.09 Å². The van der Waals surface area contributed by atoms with Crippen LogP contribution in [0.25, 0.3) is 10.2 Å². The largest absolute Gasteiger partial charge is 0.465 e. The molecule has 1 N–H and O–H groups in total. The Bertz CT molecular complexity index is 806. The number of carboxylic acid groups (broad SMARTS) is 1. The maximum absolute atomic E-state index is 12.6. The maximum Gasteiger partial charge on any atom is 0.407 e. The minimum Gasteiger partial charge on any atom is -0.465 e. The number of piperazine rings is 1. The number of hydrogen-bond donors (Lipinski definition) is 1. The van der Waals surface area contributed by atoms with E-state index in [4.69, 9.17) is 5.11 Å². The van der Waals surface area contributed by atoms with Crippen LogP contribution in [-0.2, 0) is 11.2 Å². The Hall–Kier alpha value is -2.15. The van der Waals surface area contributed by atoms with E-state index in [-0.39, 0.29) is 17.9 Å². The van der Waals surface area contributed by atoms with E-state index in [1.807, 2.05) is 22.5 Å². The van der Waals surface area contributed by atoms with Gasteiger partial charge in [-0.1, -0.05) is 12.1 Å². The molecule has 0 saturated carbocycles. The lowest BCUT2D eigenvalue weighted by atomic mass is 9.96. The Balaban J connectivity index is 1.35. The normalized spacial score (nSPS) is 23.3. The Morgan fingerprint density at radius 1 is 1.36 bits per heavy atom. The summed E-state index contributed by atoms with van der Waals surface area (Å²) in [5.41, 5.74) is 4.23. The molecule has 4 rings (SSSR count). The lowest BCUT2D eigenvalue weighted by molar-refractivity contribution is -0.133. The molecule has 2 aliphatic heterocycles. The first kappa shape index (κ1) is 16.3. The molecule has 2 aliphatic rings. The van der Waals surface area contributed by atoms with Gasteiger partial charge in [-0.05, 0) is 37.3 Å². The minimum atomic E-state index is -0.881. The number of rotatable bonds is 4. The third-order valence-electron chi connectivity index (χ3n) is 5.38. The Morgan fingerprint density at radius 3 is 3.08 bits per heavy atom. The summed E-state index contributed by atoms with van der Waals surface area (Å²) >= 11 is 1.67. The van der Waals surface area contributed by atoms with Crippen molar-refractivity contribution in [1.29, 1.82) is 0 Å². The second kappa shape index (κ2) is 6.63. The van der Waals surface area contributed by atoms with Crippen molar-refractivity contribution >= 4 is 33.6 Å². The molecule has 0 aliphatic carbocycles. The SMILES string of the molecule is O=C(O)N1CCN2C(=O)[C@@H](CCCc3cccc4ncsc34)C[C@H]2C1. The number of carbonyl (C=O) groups excluding carboxylic acids is 1. The van der Waals surface area contributed by atoms with Gasteiger partial charge in [0, 0.05) is 25.6 Å². The summed E-state index contributed by atoms with van der Waals surface area (Å²) in [6, 6.07) is 6.28. The number of aryl methyl sites for hydroxylation is 1. The van der Waals surface area contributed by atoms with Crippen molar-refractivity contribution in [3.05, 3.63) is 29.3 Å². The van der Waals surface area contributed by atoms with Gasteiger partial charge in [0.2, 0.25) is 5.91 Å². The zero-order chi connectivity index (χ0) is 17.4. The topological polar surface area (TPSA) is 73.7 Å². The first-order chi connectivity index (χ1) is 12.1. The van der Waals surface area contributed by atoms with Crippen LogP contribution in [0.1, 0.15) is 24.8 Å². The second-order valence-electron chi connectivity index (χ2n) is 6.86. The summed E-state index contributed by atoms with van der Waals surface area (Å²) < 4.78 is 1.25. The number of hydrogen-bond acceptors (Lipinski definition) is 4. The molecule has 2 fully saturated rings. The molecule has 0 spiro atoms. The molecular weight excluding hydrogens is 338 g/mol. The molecule has 0 radical (unpaired) electrons. The van der Waals surface area contributed by atoms with Crippen molar-refractivity contribution < 1.29 is 14.7 Å². The van der Waals surface area contributed by atoms with Gasteiger partial charge in [0.05, 0.1) is 21.8 Å². The number of fused-ring (bicyclic) bond motifs is 2. The van der Waals surface area contributed by atoms with E-state index in [1.165, 1.54) is 15.2 Å². The van der Waals surface area contributed by atoms with Crippen LogP contribution in [0.4, 0.5) is 4.79 Å². The molecule has 2 atom stereocenters. The lowest BCUT2D eigenvalue weighted by Gasteiger charge is -2.35. The van der Waals surface area contributed by atoms with Crippen molar-refractivity contribution in [2.24, 2.45) is 5.92 Å². The highest BCUT2D eigenvalue weighted by Gasteiger charge is 2.42. The lowest BCUT2D eigenvalue weighted by Crippen LogP contribution is -2.52. The van der Waals surface area contributed by atoms with Crippen LogP contribution in [0.3, 0.4) is 0 Å². The van der Waals surface area contributed by atoms with Gasteiger partial charge in [0.15, 0.2) is 0 Å². The van der Waals surface area contributed by atoms with Crippen molar-refractivity contribution in [3.63, 3.8) is 0 Å². The Labute approximate surface area is 150 Å². The molecule has 3 heterocycles. The summed E-state index contributed by atoms with van der Waals surface area (Å²) in [5.74, 6) is 0.255. The van der Waals surface area contributed by atoms with E-state index >= 15 is 0 Å². The van der Waals surface area contributed by atoms with E-state index in [1.54, 1.807) is 11.3 Å². The zero-order valence-electron chi connectivity index (χ0n) is 13.9. The van der Waals surface area contributed by atoms with Gasteiger partial charge in [-0.25, -0.2) is 9.78 Å². The third-order valence-corrected chi connectivity index (χ3v) is 6.30. The van der Waals surface area contributed by atoms with E-state index in [0.29, 0.717) is 19.6 Å². The molecule has 0 unspecified atom stereocenters. The van der Waals surface area contributed by atoms with E-state index in [2.05, 4.69) is 11.1 Å². The van der Waals surface area contributed by atoms with Crippen LogP contribution in [0, 0.1) is 5.92 Å². The number of aromatic nitrogens is 1. The molecule has 6 nitrogen and oxygen atoms in total. The van der Waals surface area contributed by atoms with Gasteiger partial charge in [-0.3, -0.25) is 4.79 Å². The highest BCUT2D eigenvalue weighted by Crippen LogP contribution is 2.32. The predicted octanol–water partition coefficient (Wildman–Crippen LogP) is 2.83. The molecule has 2 saturated heterocycles. The van der Waals surface area contributed by atoms with Gasteiger partial charge < -0.3 is 14.9 Å². The average Bonchev–Trinajstić information content (AvgIpc) is 3.20. The van der Waals surface area contributed by atoms with Crippen LogP contribution in [0.2, 0.25) is 0 Å². The summed E-state index contributed by atoms with van der Waals surface area (Å²) in [6.45, 7) is 1.42. The van der Waals surface area contributed by atoms with Crippen molar-refractivity contribution in [2.45, 2.75) is 31.7 Å². The van der Waals surface area contributed by atoms with Crippen molar-refractivity contribution in [3.8, 4) is 0 Å². The number of amides is 2. The highest BCUT2D eigenvalue weighted by atomic mass is 32.1. The fourth-order valence-electron chi connectivity index (χ4n) is 4.11. The van der Waals surface area contributed by atoms with Crippen LogP contribution in [-0.4, -0.2) is 57.6 Å². The van der Waals surface area contributed by atoms with Crippen LogP contribution in [0.15, 0.2) is 23.7 Å². The average molecular weight is 359 g/mol. The van der Waals surface area contributed by atoms with Gasteiger partial charge in [-0.2, -0.15) is 0 Å².